The molecule has 0 heterocycles. The first kappa shape index (κ1) is 23.1. The molecule has 30 heavy (non-hydrogen) atoms. The summed E-state index contributed by atoms with van der Waals surface area (Å²) >= 11 is 0. The molecule has 0 aromatic carbocycles. The summed E-state index contributed by atoms with van der Waals surface area (Å²) in [4.78, 5) is 0. The Balaban J connectivity index is 1.54. The molecule has 4 fully saturated rings. The van der Waals surface area contributed by atoms with Crippen LogP contribution < -0.4 is 0 Å². The largest absolute Gasteiger partial charge is 0.393 e. The van der Waals surface area contributed by atoms with Gasteiger partial charge in [0.05, 0.1) is 17.8 Å². The second kappa shape index (κ2) is 8.03. The van der Waals surface area contributed by atoms with Gasteiger partial charge >= 0.3 is 0 Å². The maximum Gasteiger partial charge on any atom is 0.0753 e. The van der Waals surface area contributed by atoms with Crippen molar-refractivity contribution in [3.63, 3.8) is 0 Å². The van der Waals surface area contributed by atoms with E-state index in [0.717, 1.165) is 37.0 Å². The standard InChI is InChI=1S/C27H48O3/c1-17(2)7-6-8-18(3)20-9-10-21-24-22(12-13-25(20,21)4)26(5)14-11-19(28)15-27(26,30)16-23(24)29/h17-24,28-30H,6-16H2,1-5H3/t18?,19-,20?,21?,22?,23-,24?,25+,26+,27-/m0/s1. The smallest absolute Gasteiger partial charge is 0.0753 e. The van der Waals surface area contributed by atoms with Crippen molar-refractivity contribution >= 4 is 0 Å². The zero-order valence-corrected chi connectivity index (χ0v) is 20.2. The zero-order valence-electron chi connectivity index (χ0n) is 20.2. The molecule has 0 radical (unpaired) electrons. The molecule has 4 aliphatic rings. The summed E-state index contributed by atoms with van der Waals surface area (Å²) in [6.07, 6.45) is 10.8. The highest BCUT2D eigenvalue weighted by atomic mass is 16.3. The van der Waals surface area contributed by atoms with Gasteiger partial charge in [-0.1, -0.05) is 53.9 Å². The third-order valence-electron chi connectivity index (χ3n) is 11.0. The van der Waals surface area contributed by atoms with Gasteiger partial charge in [-0.05, 0) is 84.9 Å². The van der Waals surface area contributed by atoms with Gasteiger partial charge in [0.2, 0.25) is 0 Å². The van der Waals surface area contributed by atoms with E-state index < -0.39 is 17.8 Å². The van der Waals surface area contributed by atoms with Crippen LogP contribution in [0, 0.1) is 46.3 Å². The first-order chi connectivity index (χ1) is 14.0. The van der Waals surface area contributed by atoms with Crippen molar-refractivity contribution in [1.29, 1.82) is 0 Å². The first-order valence-electron chi connectivity index (χ1n) is 13.1. The van der Waals surface area contributed by atoms with Gasteiger partial charge in [0.1, 0.15) is 0 Å². The van der Waals surface area contributed by atoms with Crippen LogP contribution in [-0.4, -0.2) is 33.1 Å². The number of rotatable bonds is 5. The van der Waals surface area contributed by atoms with Crippen LogP contribution in [0.5, 0.6) is 0 Å². The fourth-order valence-electron chi connectivity index (χ4n) is 9.25. The van der Waals surface area contributed by atoms with Gasteiger partial charge in [0, 0.05) is 12.8 Å². The van der Waals surface area contributed by atoms with Crippen molar-refractivity contribution in [3.05, 3.63) is 0 Å². The van der Waals surface area contributed by atoms with Gasteiger partial charge in [-0.15, -0.1) is 0 Å². The van der Waals surface area contributed by atoms with Crippen LogP contribution in [0.25, 0.3) is 0 Å². The maximum atomic E-state index is 11.6. The van der Waals surface area contributed by atoms with Crippen LogP contribution >= 0.6 is 0 Å². The average Bonchev–Trinajstić information content (AvgIpc) is 3.00. The van der Waals surface area contributed by atoms with Crippen LogP contribution in [0.1, 0.15) is 105 Å². The molecule has 4 saturated carbocycles. The number of fused-ring (bicyclic) bond motifs is 5. The van der Waals surface area contributed by atoms with E-state index in [1.54, 1.807) is 0 Å². The Hall–Kier alpha value is -0.120. The Kier molecular flexibility index (Phi) is 6.17. The van der Waals surface area contributed by atoms with E-state index in [2.05, 4.69) is 34.6 Å². The van der Waals surface area contributed by atoms with E-state index >= 15 is 0 Å². The highest BCUT2D eigenvalue weighted by Crippen LogP contribution is 2.69. The summed E-state index contributed by atoms with van der Waals surface area (Å²) in [5.74, 6) is 3.67. The number of aliphatic hydroxyl groups is 3. The lowest BCUT2D eigenvalue weighted by atomic mass is 9.42. The molecule has 0 bridgehead atoms. The molecule has 0 aliphatic heterocycles. The quantitative estimate of drug-likeness (QED) is 0.546. The summed E-state index contributed by atoms with van der Waals surface area (Å²) < 4.78 is 0. The third kappa shape index (κ3) is 3.50. The topological polar surface area (TPSA) is 60.7 Å². The highest BCUT2D eigenvalue weighted by Gasteiger charge is 2.67. The Labute approximate surface area is 185 Å². The molecular weight excluding hydrogens is 372 g/mol. The molecule has 0 aromatic rings. The minimum absolute atomic E-state index is 0.154. The van der Waals surface area contributed by atoms with Gasteiger partial charge in [-0.25, -0.2) is 0 Å². The lowest BCUT2D eigenvalue weighted by Gasteiger charge is -2.65. The number of hydrogen-bond donors (Lipinski definition) is 3. The summed E-state index contributed by atoms with van der Waals surface area (Å²) in [6, 6.07) is 0. The van der Waals surface area contributed by atoms with Crippen molar-refractivity contribution in [2.45, 2.75) is 123 Å². The Morgan fingerprint density at radius 2 is 1.60 bits per heavy atom. The molecule has 0 amide bonds. The lowest BCUT2D eigenvalue weighted by Crippen LogP contribution is -2.66. The normalized spacial score (nSPS) is 51.9. The van der Waals surface area contributed by atoms with Crippen LogP contribution in [0.3, 0.4) is 0 Å². The van der Waals surface area contributed by atoms with E-state index in [0.29, 0.717) is 36.0 Å². The van der Waals surface area contributed by atoms with Crippen LogP contribution in [0.15, 0.2) is 0 Å². The van der Waals surface area contributed by atoms with Crippen molar-refractivity contribution in [3.8, 4) is 0 Å². The summed E-state index contributed by atoms with van der Waals surface area (Å²) in [7, 11) is 0. The molecule has 4 rings (SSSR count). The Morgan fingerprint density at radius 3 is 2.30 bits per heavy atom. The van der Waals surface area contributed by atoms with Gasteiger partial charge in [-0.3, -0.25) is 0 Å². The maximum absolute atomic E-state index is 11.6. The minimum Gasteiger partial charge on any atom is -0.393 e. The lowest BCUT2D eigenvalue weighted by molar-refractivity contribution is -0.249. The molecule has 10 atom stereocenters. The second-order valence-electron chi connectivity index (χ2n) is 12.9. The van der Waals surface area contributed by atoms with Crippen molar-refractivity contribution in [1.82, 2.24) is 0 Å². The van der Waals surface area contributed by atoms with E-state index in [4.69, 9.17) is 0 Å². The zero-order chi connectivity index (χ0) is 21.9. The fourth-order valence-corrected chi connectivity index (χ4v) is 9.25. The Morgan fingerprint density at radius 1 is 0.867 bits per heavy atom. The van der Waals surface area contributed by atoms with Crippen LogP contribution in [0.4, 0.5) is 0 Å². The SMILES string of the molecule is CC(C)CCCC(C)C1CCC2C3C(CC[C@]12C)[C@@]1(C)CC[C@H](O)C[C@]1(O)C[C@@H]3O. The monoisotopic (exact) mass is 420 g/mol. The third-order valence-corrected chi connectivity index (χ3v) is 11.0. The summed E-state index contributed by atoms with van der Waals surface area (Å²) in [6.45, 7) is 12.0. The fraction of sp³-hybridized carbons (Fsp3) is 1.00. The molecular formula is C27H48O3. The Bertz CT molecular complexity index is 619. The summed E-state index contributed by atoms with van der Waals surface area (Å²) in [5.41, 5.74) is -0.709. The van der Waals surface area contributed by atoms with Gasteiger partial charge in [-0.2, -0.15) is 0 Å². The molecule has 4 aliphatic carbocycles. The van der Waals surface area contributed by atoms with E-state index in [1.807, 2.05) is 0 Å². The van der Waals surface area contributed by atoms with Crippen molar-refractivity contribution < 1.29 is 15.3 Å². The van der Waals surface area contributed by atoms with Gasteiger partial charge in [0.25, 0.3) is 0 Å². The minimum atomic E-state index is -0.902. The summed E-state index contributed by atoms with van der Waals surface area (Å²) in [5, 5.41) is 33.2. The molecule has 0 spiro atoms. The second-order valence-corrected chi connectivity index (χ2v) is 12.9. The van der Waals surface area contributed by atoms with Crippen LogP contribution in [0.2, 0.25) is 0 Å². The number of aliphatic hydroxyl groups excluding tert-OH is 2. The van der Waals surface area contributed by atoms with E-state index in [9.17, 15) is 15.3 Å². The van der Waals surface area contributed by atoms with E-state index in [1.165, 1.54) is 38.5 Å². The first-order valence-corrected chi connectivity index (χ1v) is 13.1. The average molecular weight is 421 g/mol. The molecule has 174 valence electrons. The predicted octanol–water partition coefficient (Wildman–Crippen LogP) is 5.55. The van der Waals surface area contributed by atoms with Crippen LogP contribution in [-0.2, 0) is 0 Å². The van der Waals surface area contributed by atoms with E-state index in [-0.39, 0.29) is 5.41 Å². The molecule has 0 saturated heterocycles. The van der Waals surface area contributed by atoms with Crippen molar-refractivity contribution in [2.24, 2.45) is 46.3 Å². The van der Waals surface area contributed by atoms with Crippen molar-refractivity contribution in [2.75, 3.05) is 0 Å². The van der Waals surface area contributed by atoms with Gasteiger partial charge < -0.3 is 15.3 Å². The molecule has 3 nitrogen and oxygen atoms in total. The molecule has 3 N–H and O–H groups in total. The van der Waals surface area contributed by atoms with Gasteiger partial charge in [0.15, 0.2) is 0 Å². The molecule has 0 aromatic heterocycles. The predicted molar refractivity (Wildman–Crippen MR) is 122 cm³/mol. The molecule has 5 unspecified atom stereocenters. The molecule has 3 heteroatoms. The number of hydrogen-bond acceptors (Lipinski definition) is 3. The highest BCUT2D eigenvalue weighted by molar-refractivity contribution is 5.16.